The molecule has 0 saturated heterocycles. The van der Waals surface area contributed by atoms with E-state index in [0.29, 0.717) is 12.3 Å². The van der Waals surface area contributed by atoms with E-state index in [9.17, 15) is 9.18 Å². The van der Waals surface area contributed by atoms with E-state index < -0.39 is 11.7 Å². The molecule has 3 aromatic rings. The number of amides is 1. The molecule has 0 radical (unpaired) electrons. The fraction of sp³-hybridized carbons (Fsp3) is 0.105. The molecule has 2 N–H and O–H groups in total. The van der Waals surface area contributed by atoms with Crippen LogP contribution < -0.4 is 10.2 Å². The molecular weight excluding hydrogens is 371 g/mol. The highest BCUT2D eigenvalue weighted by molar-refractivity contribution is 6.33. The number of carbonyl (C=O) groups excluding carboxylic acids is 1. The van der Waals surface area contributed by atoms with Crippen molar-refractivity contribution in [2.75, 3.05) is 6.61 Å². The number of hydrogen-bond donors (Lipinski definition) is 2. The summed E-state index contributed by atoms with van der Waals surface area (Å²) in [4.78, 5) is 12.2. The third-order valence-corrected chi connectivity index (χ3v) is 3.95. The number of benzene rings is 2. The largest absolute Gasteiger partial charge is 0.494 e. The Labute approximate surface area is 160 Å². The van der Waals surface area contributed by atoms with Crippen molar-refractivity contribution in [1.82, 2.24) is 15.6 Å². The first-order valence-electron chi connectivity index (χ1n) is 8.14. The molecule has 3 rings (SSSR count). The van der Waals surface area contributed by atoms with Crippen LogP contribution in [0, 0.1) is 5.82 Å². The van der Waals surface area contributed by atoms with Gasteiger partial charge in [0, 0.05) is 11.1 Å². The van der Waals surface area contributed by atoms with Crippen molar-refractivity contribution in [1.29, 1.82) is 0 Å². The van der Waals surface area contributed by atoms with Gasteiger partial charge in [0.05, 0.1) is 23.5 Å². The fourth-order valence-electron chi connectivity index (χ4n) is 2.35. The molecule has 0 bridgehead atoms. The minimum absolute atomic E-state index is 0.0949. The van der Waals surface area contributed by atoms with Crippen LogP contribution in [0.2, 0.25) is 5.02 Å². The van der Waals surface area contributed by atoms with Crippen molar-refractivity contribution in [3.05, 3.63) is 70.6 Å². The van der Waals surface area contributed by atoms with Crippen LogP contribution in [0.1, 0.15) is 23.0 Å². The van der Waals surface area contributed by atoms with Gasteiger partial charge in [0.2, 0.25) is 0 Å². The monoisotopic (exact) mass is 386 g/mol. The van der Waals surface area contributed by atoms with Gasteiger partial charge in [-0.3, -0.25) is 9.89 Å². The third-order valence-electron chi connectivity index (χ3n) is 3.62. The summed E-state index contributed by atoms with van der Waals surface area (Å²) in [5.74, 6) is -0.327. The molecule has 0 aliphatic rings. The molecule has 2 aromatic carbocycles. The summed E-state index contributed by atoms with van der Waals surface area (Å²) in [6.07, 6.45) is 1.15. The zero-order valence-electron chi connectivity index (χ0n) is 14.4. The number of hydrogen-bond acceptors (Lipinski definition) is 4. The lowest BCUT2D eigenvalue weighted by atomic mass is 10.1. The van der Waals surface area contributed by atoms with Crippen LogP contribution in [0.25, 0.3) is 11.3 Å². The van der Waals surface area contributed by atoms with Crippen LogP contribution in [-0.4, -0.2) is 28.9 Å². The minimum Gasteiger partial charge on any atom is -0.494 e. The van der Waals surface area contributed by atoms with Crippen LogP contribution in [0.4, 0.5) is 4.39 Å². The van der Waals surface area contributed by atoms with Crippen molar-refractivity contribution in [2.24, 2.45) is 5.10 Å². The standard InChI is InChI=1S/C19H16ClFN4O2/c1-2-27-13-6-3-5-12(9-13)17-10-18(24-23-17)19(26)25-22-11-14-15(20)7-4-8-16(14)21/h3-11H,2H2,1H3,(H,23,24)(H,25,26). The highest BCUT2D eigenvalue weighted by Crippen LogP contribution is 2.23. The Morgan fingerprint density at radius 3 is 2.93 bits per heavy atom. The first kappa shape index (κ1) is 18.6. The van der Waals surface area contributed by atoms with Crippen molar-refractivity contribution >= 4 is 23.7 Å². The molecule has 0 atom stereocenters. The van der Waals surface area contributed by atoms with Crippen LogP contribution >= 0.6 is 11.6 Å². The molecule has 0 fully saturated rings. The topological polar surface area (TPSA) is 79.4 Å². The summed E-state index contributed by atoms with van der Waals surface area (Å²) < 4.78 is 19.1. The highest BCUT2D eigenvalue weighted by Gasteiger charge is 2.11. The zero-order chi connectivity index (χ0) is 19.2. The van der Waals surface area contributed by atoms with E-state index in [4.69, 9.17) is 16.3 Å². The van der Waals surface area contributed by atoms with Crippen LogP contribution in [-0.2, 0) is 0 Å². The predicted molar refractivity (Wildman–Crippen MR) is 102 cm³/mol. The Hall–Kier alpha value is -3.19. The number of nitrogens with zero attached hydrogens (tertiary/aromatic N) is 2. The van der Waals surface area contributed by atoms with Gasteiger partial charge in [-0.1, -0.05) is 29.8 Å². The molecule has 8 heteroatoms. The number of halogens is 2. The zero-order valence-corrected chi connectivity index (χ0v) is 15.1. The van der Waals surface area contributed by atoms with Gasteiger partial charge in [0.1, 0.15) is 17.3 Å². The number of ether oxygens (including phenoxy) is 1. The van der Waals surface area contributed by atoms with Gasteiger partial charge in [-0.2, -0.15) is 10.2 Å². The molecule has 0 saturated carbocycles. The van der Waals surface area contributed by atoms with Gasteiger partial charge in [-0.15, -0.1) is 0 Å². The maximum atomic E-state index is 13.7. The SMILES string of the molecule is CCOc1cccc(-c2cc(C(=O)NN=Cc3c(F)cccc3Cl)[nH]n2)c1. The van der Waals surface area contributed by atoms with Gasteiger partial charge in [0.15, 0.2) is 0 Å². The molecule has 0 spiro atoms. The summed E-state index contributed by atoms with van der Waals surface area (Å²) in [5.41, 5.74) is 4.00. The van der Waals surface area contributed by atoms with Gasteiger partial charge >= 0.3 is 0 Å². The maximum absolute atomic E-state index is 13.7. The first-order chi connectivity index (χ1) is 13.1. The van der Waals surface area contributed by atoms with Gasteiger partial charge < -0.3 is 4.74 Å². The molecule has 0 aliphatic carbocycles. The lowest BCUT2D eigenvalue weighted by Crippen LogP contribution is -2.18. The Balaban J connectivity index is 1.70. The lowest BCUT2D eigenvalue weighted by Gasteiger charge is -2.03. The molecular formula is C19H16ClFN4O2. The normalized spacial score (nSPS) is 10.9. The summed E-state index contributed by atoms with van der Waals surface area (Å²) in [6, 6.07) is 13.2. The first-order valence-corrected chi connectivity index (χ1v) is 8.52. The summed E-state index contributed by atoms with van der Waals surface area (Å²) in [6.45, 7) is 2.46. The summed E-state index contributed by atoms with van der Waals surface area (Å²) in [5, 5.41) is 10.7. The third kappa shape index (κ3) is 4.51. The molecule has 0 unspecified atom stereocenters. The molecule has 138 valence electrons. The van der Waals surface area contributed by atoms with E-state index in [0.717, 1.165) is 17.5 Å². The number of aromatic amines is 1. The second-order valence-electron chi connectivity index (χ2n) is 5.46. The van der Waals surface area contributed by atoms with Crippen LogP contribution in [0.3, 0.4) is 0 Å². The Morgan fingerprint density at radius 2 is 2.15 bits per heavy atom. The van der Waals surface area contributed by atoms with E-state index in [1.807, 2.05) is 31.2 Å². The van der Waals surface area contributed by atoms with E-state index in [1.54, 1.807) is 6.07 Å². The number of aromatic nitrogens is 2. The number of hydrazone groups is 1. The Bertz CT molecular complexity index is 967. The summed E-state index contributed by atoms with van der Waals surface area (Å²) >= 11 is 5.90. The smallest absolute Gasteiger partial charge is 0.289 e. The average Bonchev–Trinajstić information content (AvgIpc) is 3.15. The molecule has 6 nitrogen and oxygen atoms in total. The minimum atomic E-state index is -0.529. The number of rotatable bonds is 6. The number of carbonyl (C=O) groups is 1. The Kier molecular flexibility index (Phi) is 5.83. The molecule has 1 heterocycles. The fourth-order valence-corrected chi connectivity index (χ4v) is 2.56. The predicted octanol–water partition coefficient (Wildman–Crippen LogP) is 4.03. The van der Waals surface area contributed by atoms with Crippen molar-refractivity contribution in [2.45, 2.75) is 6.92 Å². The van der Waals surface area contributed by atoms with Crippen molar-refractivity contribution in [3.8, 4) is 17.0 Å². The quantitative estimate of drug-likeness (QED) is 0.496. The molecule has 1 aromatic heterocycles. The van der Waals surface area contributed by atoms with Crippen LogP contribution in [0.5, 0.6) is 5.75 Å². The number of nitrogens with one attached hydrogen (secondary N) is 2. The van der Waals surface area contributed by atoms with Crippen molar-refractivity contribution in [3.63, 3.8) is 0 Å². The maximum Gasteiger partial charge on any atom is 0.289 e. The molecule has 27 heavy (non-hydrogen) atoms. The van der Waals surface area contributed by atoms with Gasteiger partial charge in [-0.25, -0.2) is 9.82 Å². The van der Waals surface area contributed by atoms with E-state index in [2.05, 4.69) is 20.7 Å². The van der Waals surface area contributed by atoms with Gasteiger partial charge in [-0.05, 0) is 37.3 Å². The van der Waals surface area contributed by atoms with Crippen molar-refractivity contribution < 1.29 is 13.9 Å². The van der Waals surface area contributed by atoms with E-state index in [-0.39, 0.29) is 16.3 Å². The lowest BCUT2D eigenvalue weighted by molar-refractivity contribution is 0.0950. The highest BCUT2D eigenvalue weighted by atomic mass is 35.5. The Morgan fingerprint density at radius 1 is 1.33 bits per heavy atom. The number of H-pyrrole nitrogens is 1. The van der Waals surface area contributed by atoms with Crippen LogP contribution in [0.15, 0.2) is 53.6 Å². The summed E-state index contributed by atoms with van der Waals surface area (Å²) in [7, 11) is 0. The molecule has 0 aliphatic heterocycles. The second-order valence-corrected chi connectivity index (χ2v) is 5.87. The van der Waals surface area contributed by atoms with E-state index >= 15 is 0 Å². The van der Waals surface area contributed by atoms with E-state index in [1.165, 1.54) is 18.2 Å². The molecule has 1 amide bonds. The average molecular weight is 387 g/mol. The second kappa shape index (κ2) is 8.46. The van der Waals surface area contributed by atoms with Gasteiger partial charge in [0.25, 0.3) is 5.91 Å².